The molecule has 148 valence electrons. The standard InChI is InChI=1S/C23H16N2O5/c26-20-12-6-1-3-8-14(12)24-22(28)18(20)17(16-10-5-11-30-16)19-21(27)13-7-2-4-9-15(13)25-23(19)29/h1-13,17,26-27H. The Morgan fingerprint density at radius 1 is 0.833 bits per heavy atom. The predicted octanol–water partition coefficient (Wildman–Crippen LogP) is 3.43. The number of dihydropyridines is 2. The van der Waals surface area contributed by atoms with Crippen LogP contribution in [-0.4, -0.2) is 33.5 Å². The highest BCUT2D eigenvalue weighted by Crippen LogP contribution is 2.43. The molecule has 1 aromatic heterocycles. The van der Waals surface area contributed by atoms with Crippen molar-refractivity contribution in [3.8, 4) is 0 Å². The molecule has 3 heterocycles. The molecule has 0 saturated heterocycles. The summed E-state index contributed by atoms with van der Waals surface area (Å²) in [5.74, 6) is -3.99. The normalized spacial score (nSPS) is 25.9. The lowest BCUT2D eigenvalue weighted by Gasteiger charge is -2.29. The van der Waals surface area contributed by atoms with E-state index in [-0.39, 0.29) is 28.4 Å². The smallest absolute Gasteiger partial charge is 0.277 e. The van der Waals surface area contributed by atoms with Crippen molar-refractivity contribution < 1.29 is 24.2 Å². The van der Waals surface area contributed by atoms with E-state index in [9.17, 15) is 19.8 Å². The number of amides is 2. The Labute approximate surface area is 171 Å². The van der Waals surface area contributed by atoms with E-state index >= 15 is 0 Å². The second-order valence-corrected chi connectivity index (χ2v) is 7.17. The van der Waals surface area contributed by atoms with Gasteiger partial charge in [-0.05, 0) is 24.3 Å². The molecule has 0 aromatic carbocycles. The van der Waals surface area contributed by atoms with E-state index in [1.165, 1.54) is 6.26 Å². The van der Waals surface area contributed by atoms with Gasteiger partial charge >= 0.3 is 0 Å². The van der Waals surface area contributed by atoms with Crippen molar-refractivity contribution in [2.45, 2.75) is 5.92 Å². The molecule has 0 spiro atoms. The number of aliphatic hydroxyl groups is 2. The zero-order chi connectivity index (χ0) is 20.8. The summed E-state index contributed by atoms with van der Waals surface area (Å²) < 4.78 is 5.51. The van der Waals surface area contributed by atoms with Crippen LogP contribution in [-0.2, 0) is 9.59 Å². The molecule has 2 amide bonds. The molecule has 2 aliphatic heterocycles. The maximum atomic E-state index is 13.0. The molecule has 2 N–H and O–H groups in total. The highest BCUT2D eigenvalue weighted by Gasteiger charge is 2.43. The molecular formula is C23H16N2O5. The van der Waals surface area contributed by atoms with E-state index in [4.69, 9.17) is 4.42 Å². The molecule has 7 heteroatoms. The highest BCUT2D eigenvalue weighted by molar-refractivity contribution is 6.18. The number of furan rings is 1. The molecule has 30 heavy (non-hydrogen) atoms. The summed E-state index contributed by atoms with van der Waals surface area (Å²) in [6, 6.07) is 3.19. The molecule has 2 unspecified atom stereocenters. The second-order valence-electron chi connectivity index (χ2n) is 7.17. The molecule has 1 aromatic rings. The average molecular weight is 400 g/mol. The van der Waals surface area contributed by atoms with Crippen LogP contribution in [0.1, 0.15) is 11.7 Å². The van der Waals surface area contributed by atoms with E-state index in [1.807, 2.05) is 0 Å². The first kappa shape index (κ1) is 18.1. The summed E-state index contributed by atoms with van der Waals surface area (Å²) in [4.78, 5) is 34.1. The number of nitrogens with zero attached hydrogens (tertiary/aromatic N) is 2. The Balaban J connectivity index is 1.70. The summed E-state index contributed by atoms with van der Waals surface area (Å²) in [6.07, 6.45) is 15.1. The molecule has 0 radical (unpaired) electrons. The van der Waals surface area contributed by atoms with Crippen LogP contribution in [0.2, 0.25) is 0 Å². The minimum atomic E-state index is -1.14. The topological polar surface area (TPSA) is 112 Å². The number of rotatable bonds is 3. The third-order valence-electron chi connectivity index (χ3n) is 5.47. The predicted molar refractivity (Wildman–Crippen MR) is 109 cm³/mol. The van der Waals surface area contributed by atoms with Crippen molar-refractivity contribution in [1.82, 2.24) is 0 Å². The van der Waals surface area contributed by atoms with Crippen molar-refractivity contribution in [2.75, 3.05) is 0 Å². The summed E-state index contributed by atoms with van der Waals surface area (Å²) in [5.41, 5.74) is 0.608. The molecule has 0 bridgehead atoms. The molecule has 0 fully saturated rings. The van der Waals surface area contributed by atoms with Gasteiger partial charge in [0.15, 0.2) is 0 Å². The number of carbonyl (C=O) groups is 2. The van der Waals surface area contributed by atoms with Crippen LogP contribution in [0, 0.1) is 11.8 Å². The average Bonchev–Trinajstić information content (AvgIpc) is 3.27. The van der Waals surface area contributed by atoms with Gasteiger partial charge in [-0.1, -0.05) is 36.5 Å². The largest absolute Gasteiger partial charge is 0.511 e. The van der Waals surface area contributed by atoms with Crippen molar-refractivity contribution in [3.63, 3.8) is 0 Å². The summed E-state index contributed by atoms with van der Waals surface area (Å²) in [5, 5.41) is 22.0. The lowest BCUT2D eigenvalue weighted by atomic mass is 9.78. The molecule has 2 atom stereocenters. The zero-order valence-corrected chi connectivity index (χ0v) is 15.6. The Hall–Kier alpha value is -4.00. The molecule has 5 rings (SSSR count). The van der Waals surface area contributed by atoms with Crippen LogP contribution in [0.3, 0.4) is 0 Å². The van der Waals surface area contributed by atoms with Gasteiger partial charge in [0.1, 0.15) is 17.3 Å². The molecule has 2 aliphatic carbocycles. The number of hydrogen-bond donors (Lipinski definition) is 2. The molecule has 4 aliphatic rings. The first-order valence-corrected chi connectivity index (χ1v) is 9.41. The third-order valence-corrected chi connectivity index (χ3v) is 5.47. The summed E-state index contributed by atoms with van der Waals surface area (Å²) >= 11 is 0. The van der Waals surface area contributed by atoms with Gasteiger partial charge in [-0.15, -0.1) is 0 Å². The van der Waals surface area contributed by atoms with Gasteiger partial charge < -0.3 is 14.6 Å². The van der Waals surface area contributed by atoms with Crippen molar-refractivity contribution in [3.05, 3.63) is 95.4 Å². The van der Waals surface area contributed by atoms with Crippen molar-refractivity contribution in [2.24, 2.45) is 21.8 Å². The fourth-order valence-electron chi connectivity index (χ4n) is 4.08. The maximum absolute atomic E-state index is 13.0. The van der Waals surface area contributed by atoms with E-state index in [0.717, 1.165) is 0 Å². The first-order valence-electron chi connectivity index (χ1n) is 9.41. The number of carbonyl (C=O) groups excluding carboxylic acids is 2. The lowest BCUT2D eigenvalue weighted by Crippen LogP contribution is -2.32. The SMILES string of the molecule is O=C1N=C2C=CC=CC2C(O)=C1C(C1=C(O)C2C=CC=CC2=NC1=O)c1ccco1. The second kappa shape index (κ2) is 6.81. The fraction of sp³-hybridized carbons (Fsp3) is 0.130. The van der Waals surface area contributed by atoms with Crippen LogP contribution in [0.15, 0.2) is 104 Å². The van der Waals surface area contributed by atoms with Crippen molar-refractivity contribution >= 4 is 23.2 Å². The van der Waals surface area contributed by atoms with Gasteiger partial charge in [0.25, 0.3) is 11.8 Å². The molecule has 0 saturated carbocycles. The van der Waals surface area contributed by atoms with Gasteiger partial charge in [-0.25, -0.2) is 9.98 Å². The Morgan fingerprint density at radius 3 is 1.83 bits per heavy atom. The third kappa shape index (κ3) is 2.67. The number of aliphatic hydroxyl groups excluding tert-OH is 2. The fourth-order valence-corrected chi connectivity index (χ4v) is 4.08. The number of hydrogen-bond acceptors (Lipinski definition) is 5. The van der Waals surface area contributed by atoms with Gasteiger partial charge in [0.05, 0.1) is 46.6 Å². The van der Waals surface area contributed by atoms with Gasteiger partial charge in [-0.2, -0.15) is 0 Å². The monoisotopic (exact) mass is 400 g/mol. The van der Waals surface area contributed by atoms with Gasteiger partial charge in [0, 0.05) is 0 Å². The number of allylic oxidation sites excluding steroid dienone is 8. The summed E-state index contributed by atoms with van der Waals surface area (Å²) in [7, 11) is 0. The molecule has 7 nitrogen and oxygen atoms in total. The first-order chi connectivity index (χ1) is 14.6. The Bertz CT molecular complexity index is 1120. The molecular weight excluding hydrogens is 384 g/mol. The van der Waals surface area contributed by atoms with E-state index < -0.39 is 29.6 Å². The minimum Gasteiger partial charge on any atom is -0.511 e. The quantitative estimate of drug-likeness (QED) is 0.807. The Morgan fingerprint density at radius 2 is 1.37 bits per heavy atom. The van der Waals surface area contributed by atoms with Crippen LogP contribution in [0.5, 0.6) is 0 Å². The van der Waals surface area contributed by atoms with Crippen LogP contribution >= 0.6 is 0 Å². The summed E-state index contributed by atoms with van der Waals surface area (Å²) in [6.45, 7) is 0. The Kier molecular flexibility index (Phi) is 4.10. The number of aliphatic imine (C=N–C) groups is 2. The van der Waals surface area contributed by atoms with Gasteiger partial charge in [0.2, 0.25) is 0 Å². The highest BCUT2D eigenvalue weighted by atomic mass is 16.3. The van der Waals surface area contributed by atoms with Crippen LogP contribution in [0.4, 0.5) is 0 Å². The van der Waals surface area contributed by atoms with E-state index in [1.54, 1.807) is 60.7 Å². The maximum Gasteiger partial charge on any atom is 0.277 e. The minimum absolute atomic E-state index is 0.109. The number of fused-ring (bicyclic) bond motifs is 2. The van der Waals surface area contributed by atoms with E-state index in [2.05, 4.69) is 9.98 Å². The van der Waals surface area contributed by atoms with E-state index in [0.29, 0.717) is 11.4 Å². The van der Waals surface area contributed by atoms with Crippen LogP contribution in [0.25, 0.3) is 0 Å². The lowest BCUT2D eigenvalue weighted by molar-refractivity contribution is -0.115. The van der Waals surface area contributed by atoms with Gasteiger partial charge in [-0.3, -0.25) is 9.59 Å². The van der Waals surface area contributed by atoms with Crippen LogP contribution < -0.4 is 0 Å². The van der Waals surface area contributed by atoms with Crippen molar-refractivity contribution in [1.29, 1.82) is 0 Å². The zero-order valence-electron chi connectivity index (χ0n) is 15.6.